The molecule has 0 atom stereocenters. The summed E-state index contributed by atoms with van der Waals surface area (Å²) in [5, 5.41) is 2.83. The summed E-state index contributed by atoms with van der Waals surface area (Å²) in [7, 11) is 0. The molecule has 0 spiro atoms. The molecule has 1 aliphatic heterocycles. The average molecular weight is 335 g/mol. The fraction of sp³-hybridized carbons (Fsp3) is 0.300. The van der Waals surface area contributed by atoms with Gasteiger partial charge in [-0.05, 0) is 40.8 Å². The Kier molecular flexibility index (Phi) is 3.72. The lowest BCUT2D eigenvalue weighted by atomic mass is 10.2. The van der Waals surface area contributed by atoms with Crippen molar-refractivity contribution in [1.29, 1.82) is 0 Å². The molecule has 4 nitrogen and oxygen atoms in total. The summed E-state index contributed by atoms with van der Waals surface area (Å²) in [5.74, 6) is -0.632. The monoisotopic (exact) mass is 335 g/mol. The number of carbonyl (C=O) groups is 1. The second-order valence-electron chi connectivity index (χ2n) is 3.56. The molecule has 2 rings (SSSR count). The second-order valence-corrected chi connectivity index (χ2v) is 4.72. The Morgan fingerprint density at radius 1 is 1.44 bits per heavy atom. The predicted molar refractivity (Wildman–Crippen MR) is 66.4 cm³/mol. The van der Waals surface area contributed by atoms with Gasteiger partial charge in [0.25, 0.3) is 5.91 Å². The molecule has 1 fully saturated rings. The van der Waals surface area contributed by atoms with Gasteiger partial charge in [0, 0.05) is 16.7 Å². The average Bonchev–Trinajstić information content (AvgIpc) is 2.74. The van der Waals surface area contributed by atoms with Crippen molar-refractivity contribution in [3.05, 3.63) is 33.1 Å². The third-order valence-corrected chi connectivity index (χ3v) is 3.27. The van der Waals surface area contributed by atoms with Crippen LogP contribution < -0.4 is 16.2 Å². The smallest absolute Gasteiger partial charge is 0.252 e. The summed E-state index contributed by atoms with van der Waals surface area (Å²) in [6.07, 6.45) is 0. The molecule has 0 saturated carbocycles. The van der Waals surface area contributed by atoms with Crippen LogP contribution >= 0.6 is 22.6 Å². The number of hydrazine groups is 1. The highest BCUT2D eigenvalue weighted by molar-refractivity contribution is 14.1. The van der Waals surface area contributed by atoms with Crippen molar-refractivity contribution in [2.75, 3.05) is 13.1 Å². The Morgan fingerprint density at radius 2 is 2.12 bits per heavy atom. The van der Waals surface area contributed by atoms with Crippen molar-refractivity contribution < 1.29 is 9.18 Å². The van der Waals surface area contributed by atoms with Crippen molar-refractivity contribution >= 4 is 28.5 Å². The van der Waals surface area contributed by atoms with Gasteiger partial charge < -0.3 is 5.32 Å². The summed E-state index contributed by atoms with van der Waals surface area (Å²) in [5.41, 5.74) is 6.21. The van der Waals surface area contributed by atoms with E-state index in [9.17, 15) is 9.18 Å². The lowest BCUT2D eigenvalue weighted by Gasteiger charge is -2.11. The lowest BCUT2D eigenvalue weighted by Crippen LogP contribution is -2.38. The summed E-state index contributed by atoms with van der Waals surface area (Å²) in [6, 6.07) is 4.24. The molecule has 1 heterocycles. The van der Waals surface area contributed by atoms with Crippen LogP contribution in [0.2, 0.25) is 0 Å². The third kappa shape index (κ3) is 2.69. The van der Waals surface area contributed by atoms with Crippen molar-refractivity contribution in [3.63, 3.8) is 0 Å². The summed E-state index contributed by atoms with van der Waals surface area (Å²) in [6.45, 7) is 1.36. The van der Waals surface area contributed by atoms with Crippen molar-refractivity contribution in [1.82, 2.24) is 16.2 Å². The first kappa shape index (κ1) is 11.7. The van der Waals surface area contributed by atoms with Gasteiger partial charge in [0.1, 0.15) is 5.82 Å². The van der Waals surface area contributed by atoms with Gasteiger partial charge in [-0.1, -0.05) is 0 Å². The van der Waals surface area contributed by atoms with E-state index in [1.807, 2.05) is 22.6 Å². The first-order valence-corrected chi connectivity index (χ1v) is 5.96. The van der Waals surface area contributed by atoms with Gasteiger partial charge in [0.2, 0.25) is 0 Å². The largest absolute Gasteiger partial charge is 0.347 e. The van der Waals surface area contributed by atoms with Gasteiger partial charge >= 0.3 is 0 Å². The van der Waals surface area contributed by atoms with E-state index in [0.717, 1.165) is 3.57 Å². The standard InChI is InChI=1S/C10H11FIN3O/c11-6-1-2-9(12)8(3-6)10(16)15-7-4-13-14-5-7/h1-3,7,13-14H,4-5H2,(H,15,16). The zero-order valence-corrected chi connectivity index (χ0v) is 10.5. The van der Waals surface area contributed by atoms with Crippen LogP contribution in [-0.4, -0.2) is 25.0 Å². The van der Waals surface area contributed by atoms with Gasteiger partial charge in [-0.15, -0.1) is 0 Å². The van der Waals surface area contributed by atoms with E-state index in [0.29, 0.717) is 18.7 Å². The molecule has 0 bridgehead atoms. The van der Waals surface area contributed by atoms with Crippen LogP contribution in [-0.2, 0) is 0 Å². The Labute approximate surface area is 106 Å². The van der Waals surface area contributed by atoms with E-state index in [1.54, 1.807) is 6.07 Å². The predicted octanol–water partition coefficient (Wildman–Crippen LogP) is 0.637. The molecule has 3 N–H and O–H groups in total. The summed E-state index contributed by atoms with van der Waals surface area (Å²) < 4.78 is 13.8. The molecule has 1 aromatic carbocycles. The molecular weight excluding hydrogens is 324 g/mol. The Balaban J connectivity index is 2.10. The van der Waals surface area contributed by atoms with E-state index >= 15 is 0 Å². The quantitative estimate of drug-likeness (QED) is 0.696. The third-order valence-electron chi connectivity index (χ3n) is 2.33. The van der Waals surface area contributed by atoms with E-state index in [2.05, 4.69) is 16.2 Å². The molecule has 86 valence electrons. The van der Waals surface area contributed by atoms with Crippen LogP contribution in [0, 0.1) is 9.39 Å². The minimum absolute atomic E-state index is 0.0477. The van der Waals surface area contributed by atoms with Gasteiger partial charge in [-0.3, -0.25) is 15.6 Å². The van der Waals surface area contributed by atoms with Crippen molar-refractivity contribution in [3.8, 4) is 0 Å². The molecule has 1 aromatic rings. The van der Waals surface area contributed by atoms with Crippen LogP contribution in [0.5, 0.6) is 0 Å². The van der Waals surface area contributed by atoms with E-state index in [-0.39, 0.29) is 11.9 Å². The lowest BCUT2D eigenvalue weighted by molar-refractivity contribution is 0.0940. The molecule has 6 heteroatoms. The number of hydrogen-bond acceptors (Lipinski definition) is 3. The van der Waals surface area contributed by atoms with Crippen LogP contribution in [0.4, 0.5) is 4.39 Å². The fourth-order valence-electron chi connectivity index (χ4n) is 1.50. The van der Waals surface area contributed by atoms with E-state index in [1.165, 1.54) is 12.1 Å². The highest BCUT2D eigenvalue weighted by Gasteiger charge is 2.18. The Hall–Kier alpha value is -0.730. The van der Waals surface area contributed by atoms with Crippen LogP contribution in [0.3, 0.4) is 0 Å². The van der Waals surface area contributed by atoms with Crippen molar-refractivity contribution in [2.45, 2.75) is 6.04 Å². The molecule has 1 amide bonds. The summed E-state index contributed by atoms with van der Waals surface area (Å²) in [4.78, 5) is 11.8. The number of nitrogens with one attached hydrogen (secondary N) is 3. The summed E-state index contributed by atoms with van der Waals surface area (Å²) >= 11 is 2.02. The van der Waals surface area contributed by atoms with Crippen LogP contribution in [0.25, 0.3) is 0 Å². The number of amides is 1. The highest BCUT2D eigenvalue weighted by Crippen LogP contribution is 2.13. The first-order valence-electron chi connectivity index (χ1n) is 4.88. The maximum absolute atomic E-state index is 13.0. The topological polar surface area (TPSA) is 53.2 Å². The minimum Gasteiger partial charge on any atom is -0.347 e. The van der Waals surface area contributed by atoms with Gasteiger partial charge in [-0.25, -0.2) is 4.39 Å². The second kappa shape index (κ2) is 5.07. The van der Waals surface area contributed by atoms with E-state index < -0.39 is 5.82 Å². The van der Waals surface area contributed by atoms with Crippen LogP contribution in [0.15, 0.2) is 18.2 Å². The molecule has 0 radical (unpaired) electrons. The zero-order valence-electron chi connectivity index (χ0n) is 8.39. The van der Waals surface area contributed by atoms with Gasteiger partial charge in [0.05, 0.1) is 11.6 Å². The maximum atomic E-state index is 13.0. The molecular formula is C10H11FIN3O. The molecule has 0 unspecified atom stereocenters. The first-order chi connectivity index (χ1) is 7.66. The molecule has 1 aliphatic rings. The Morgan fingerprint density at radius 3 is 2.81 bits per heavy atom. The molecule has 0 aromatic heterocycles. The van der Waals surface area contributed by atoms with Gasteiger partial charge in [-0.2, -0.15) is 0 Å². The van der Waals surface area contributed by atoms with Gasteiger partial charge in [0.15, 0.2) is 0 Å². The number of halogens is 2. The number of carbonyl (C=O) groups excluding carboxylic acids is 1. The van der Waals surface area contributed by atoms with E-state index in [4.69, 9.17) is 0 Å². The number of rotatable bonds is 2. The SMILES string of the molecule is O=C(NC1CNNC1)c1cc(F)ccc1I. The van der Waals surface area contributed by atoms with Crippen molar-refractivity contribution in [2.24, 2.45) is 0 Å². The molecule has 1 saturated heterocycles. The zero-order chi connectivity index (χ0) is 11.5. The fourth-order valence-corrected chi connectivity index (χ4v) is 2.08. The normalized spacial score (nSPS) is 16.4. The number of benzene rings is 1. The molecule has 16 heavy (non-hydrogen) atoms. The maximum Gasteiger partial charge on any atom is 0.252 e. The number of hydrogen-bond donors (Lipinski definition) is 3. The minimum atomic E-state index is -0.395. The Bertz CT molecular complexity index is 407. The highest BCUT2D eigenvalue weighted by atomic mass is 127. The van der Waals surface area contributed by atoms with Crippen LogP contribution in [0.1, 0.15) is 10.4 Å². The molecule has 0 aliphatic carbocycles.